The Morgan fingerprint density at radius 3 is 1.44 bits per heavy atom. The van der Waals surface area contributed by atoms with Crippen LogP contribution in [0.4, 0.5) is 11.4 Å². The van der Waals surface area contributed by atoms with Crippen LogP contribution in [0.1, 0.15) is 0 Å². The number of rotatable bonds is 6. The first-order valence-corrected chi connectivity index (χ1v) is 11.3. The third kappa shape index (κ3) is 7.91. The number of nitrogens with one attached hydrogen (secondary N) is 2. The van der Waals surface area contributed by atoms with Crippen LogP contribution < -0.4 is 91.5 Å². The van der Waals surface area contributed by atoms with Gasteiger partial charge >= 0.3 is 59.1 Å². The van der Waals surface area contributed by atoms with Gasteiger partial charge in [-0.05, 0) is 60.7 Å². The fourth-order valence-electron chi connectivity index (χ4n) is 2.37. The molecule has 0 heterocycles. The summed E-state index contributed by atoms with van der Waals surface area (Å²) >= 11 is 0. The summed E-state index contributed by atoms with van der Waals surface area (Å²) in [6.07, 6.45) is 0. The van der Waals surface area contributed by atoms with E-state index in [1.54, 1.807) is 0 Å². The second-order valence-corrected chi connectivity index (χ2v) is 8.92. The van der Waals surface area contributed by atoms with Crippen molar-refractivity contribution < 1.29 is 85.1 Å². The molecule has 3 aromatic carbocycles. The smallest absolute Gasteiger partial charge is 0.744 e. The average Bonchev–Trinajstić information content (AvgIpc) is 2.72. The Hall–Kier alpha value is -1.72. The van der Waals surface area contributed by atoms with Crippen LogP contribution in [-0.2, 0) is 20.2 Å². The minimum absolute atomic E-state index is 0. The molecule has 34 heavy (non-hydrogen) atoms. The molecule has 3 aromatic rings. The topological polar surface area (TPSA) is 197 Å². The van der Waals surface area contributed by atoms with Gasteiger partial charge in [-0.1, -0.05) is 0 Å². The minimum atomic E-state index is -4.62. The van der Waals surface area contributed by atoms with Gasteiger partial charge in [0.05, 0.1) is 21.2 Å². The minimum Gasteiger partial charge on any atom is -0.744 e. The zero-order valence-electron chi connectivity index (χ0n) is 17.8. The maximum Gasteiger partial charge on any atom is 1.00 e. The van der Waals surface area contributed by atoms with Gasteiger partial charge in [-0.3, -0.25) is 20.4 Å². The van der Waals surface area contributed by atoms with Crippen LogP contribution >= 0.6 is 0 Å². The van der Waals surface area contributed by atoms with Crippen molar-refractivity contribution in [2.45, 2.75) is 9.79 Å². The molecule has 0 saturated carbocycles. The third-order valence-corrected chi connectivity index (χ3v) is 5.66. The van der Waals surface area contributed by atoms with Crippen molar-refractivity contribution in [2.24, 2.45) is 10.2 Å². The van der Waals surface area contributed by atoms with Crippen LogP contribution in [0.2, 0.25) is 0 Å². The van der Waals surface area contributed by atoms with Crippen molar-refractivity contribution in [1.82, 2.24) is 0 Å². The van der Waals surface area contributed by atoms with Crippen LogP contribution in [0.15, 0.2) is 90.2 Å². The van der Waals surface area contributed by atoms with Crippen molar-refractivity contribution in [3.8, 4) is 0 Å². The Morgan fingerprint density at radius 1 is 0.618 bits per heavy atom. The molecule has 0 amide bonds. The Kier molecular flexibility index (Phi) is 11.0. The summed E-state index contributed by atoms with van der Waals surface area (Å²) in [4.78, 5) is 23.6. The molecule has 3 rings (SSSR count). The van der Waals surface area contributed by atoms with Crippen molar-refractivity contribution in [1.29, 1.82) is 0 Å². The standard InChI is InChI=1S/C18H14N4O8S2.2Na/c23-16-10-9-15(21-19-11-1-5-13(6-2-11)31(25,26)27)18(24)17(16)22-20-12-3-7-14(8-4-12)32(28,29)30;;/h1-10,19-20H,(H,25,26,27)(H,28,29,30);;/q;2*+1/p-2. The van der Waals surface area contributed by atoms with Crippen LogP contribution in [-0.4, -0.2) is 25.9 Å². The van der Waals surface area contributed by atoms with E-state index in [0.717, 1.165) is 36.4 Å². The van der Waals surface area contributed by atoms with Crippen molar-refractivity contribution in [3.63, 3.8) is 0 Å². The van der Waals surface area contributed by atoms with E-state index in [-0.39, 0.29) is 75.8 Å². The first kappa shape index (κ1) is 30.3. The SMILES string of the molecule is O=c1ccc(=NNc2ccc(S(=O)(=O)[O-])cc2)c(=O)c1=NNc1ccc(S(=O)(=O)[O-])cc1.[Na+].[Na+]. The van der Waals surface area contributed by atoms with E-state index >= 15 is 0 Å². The van der Waals surface area contributed by atoms with Crippen LogP contribution in [0.5, 0.6) is 0 Å². The van der Waals surface area contributed by atoms with E-state index in [0.29, 0.717) is 0 Å². The molecule has 0 aliphatic heterocycles. The van der Waals surface area contributed by atoms with E-state index in [1.807, 2.05) is 0 Å². The van der Waals surface area contributed by atoms with Crippen LogP contribution in [0, 0.1) is 0 Å². The Balaban J connectivity index is 0.00000289. The molecule has 0 radical (unpaired) electrons. The maximum absolute atomic E-state index is 12.5. The predicted molar refractivity (Wildman–Crippen MR) is 109 cm³/mol. The molecule has 0 spiro atoms. The molecule has 0 saturated heterocycles. The fourth-order valence-corrected chi connectivity index (χ4v) is 3.31. The summed E-state index contributed by atoms with van der Waals surface area (Å²) in [5.74, 6) is 0. The number of hydrogen-bond acceptors (Lipinski definition) is 12. The molecule has 2 N–H and O–H groups in total. The van der Waals surface area contributed by atoms with Gasteiger partial charge in [0.15, 0.2) is 5.36 Å². The zero-order valence-corrected chi connectivity index (χ0v) is 23.4. The Labute approximate surface area is 237 Å². The van der Waals surface area contributed by atoms with Gasteiger partial charge in [0, 0.05) is 0 Å². The molecule has 166 valence electrons. The van der Waals surface area contributed by atoms with Gasteiger partial charge in [-0.25, -0.2) is 16.8 Å². The van der Waals surface area contributed by atoms with E-state index in [9.17, 15) is 35.5 Å². The molecule has 0 fully saturated rings. The number of hydrogen-bond donors (Lipinski definition) is 2. The molecule has 0 aliphatic carbocycles. The molecule has 12 nitrogen and oxygen atoms in total. The summed E-state index contributed by atoms with van der Waals surface area (Å²) in [6.45, 7) is 0. The summed E-state index contributed by atoms with van der Waals surface area (Å²) in [6, 6.07) is 11.4. The summed E-state index contributed by atoms with van der Waals surface area (Å²) in [7, 11) is -9.22. The number of nitrogens with zero attached hydrogens (tertiary/aromatic N) is 2. The molecule has 0 aliphatic rings. The maximum atomic E-state index is 12.5. The molecule has 16 heteroatoms. The average molecular weight is 522 g/mol. The number of anilines is 2. The van der Waals surface area contributed by atoms with E-state index in [4.69, 9.17) is 0 Å². The van der Waals surface area contributed by atoms with Gasteiger partial charge in [0.2, 0.25) is 10.9 Å². The Morgan fingerprint density at radius 2 is 1.03 bits per heavy atom. The normalized spacial score (nSPS) is 12.4. The number of benzene rings is 3. The van der Waals surface area contributed by atoms with E-state index in [2.05, 4.69) is 21.1 Å². The second-order valence-electron chi connectivity index (χ2n) is 6.16. The first-order chi connectivity index (χ1) is 14.9. The Bertz CT molecular complexity index is 1600. The van der Waals surface area contributed by atoms with Crippen molar-refractivity contribution >= 4 is 31.6 Å². The van der Waals surface area contributed by atoms with Gasteiger partial charge < -0.3 is 9.11 Å². The van der Waals surface area contributed by atoms with Gasteiger partial charge in [-0.15, -0.1) is 0 Å². The quantitative estimate of drug-likeness (QED) is 0.178. The predicted octanol–water partition coefficient (Wildman–Crippen LogP) is -7.05. The largest absolute Gasteiger partial charge is 1.00 e. The van der Waals surface area contributed by atoms with Crippen molar-refractivity contribution in [2.75, 3.05) is 10.9 Å². The molecule has 0 unspecified atom stereocenters. The van der Waals surface area contributed by atoms with Crippen LogP contribution in [0.25, 0.3) is 0 Å². The monoisotopic (exact) mass is 522 g/mol. The van der Waals surface area contributed by atoms with E-state index in [1.165, 1.54) is 24.3 Å². The van der Waals surface area contributed by atoms with Gasteiger partial charge in [-0.2, -0.15) is 10.2 Å². The molecule has 0 aromatic heterocycles. The molecular weight excluding hydrogens is 510 g/mol. The molecular formula is C18H12N4Na2O8S2. The molecule has 0 atom stereocenters. The van der Waals surface area contributed by atoms with Gasteiger partial charge in [0.1, 0.15) is 25.6 Å². The van der Waals surface area contributed by atoms with Gasteiger partial charge in [0.25, 0.3) is 0 Å². The molecule has 0 bridgehead atoms. The summed E-state index contributed by atoms with van der Waals surface area (Å²) < 4.78 is 65.6. The van der Waals surface area contributed by atoms with Crippen LogP contribution in [0.3, 0.4) is 0 Å². The fraction of sp³-hybridized carbons (Fsp3) is 0. The van der Waals surface area contributed by atoms with E-state index < -0.39 is 46.2 Å². The summed E-state index contributed by atoms with van der Waals surface area (Å²) in [5, 5.41) is 6.89. The third-order valence-electron chi connectivity index (χ3n) is 3.96. The first-order valence-electron chi connectivity index (χ1n) is 8.51. The zero-order chi connectivity index (χ0) is 23.5. The summed E-state index contributed by atoms with van der Waals surface area (Å²) in [5.41, 5.74) is 3.88. The second kappa shape index (κ2) is 12.3. The van der Waals surface area contributed by atoms with Crippen molar-refractivity contribution in [3.05, 3.63) is 91.8 Å².